The van der Waals surface area contributed by atoms with E-state index < -0.39 is 6.04 Å². The quantitative estimate of drug-likeness (QED) is 0.916. The Labute approximate surface area is 101 Å². The van der Waals surface area contributed by atoms with E-state index in [2.05, 4.69) is 15.9 Å². The van der Waals surface area contributed by atoms with Crippen LogP contribution in [-0.4, -0.2) is 0 Å². The molecule has 1 aromatic heterocycles. The summed E-state index contributed by atoms with van der Waals surface area (Å²) in [5.41, 5.74) is 7.38. The van der Waals surface area contributed by atoms with Crippen LogP contribution in [0.4, 0.5) is 4.39 Å². The average Bonchev–Trinajstić information content (AvgIpc) is 2.67. The van der Waals surface area contributed by atoms with Gasteiger partial charge in [-0.2, -0.15) is 0 Å². The lowest BCUT2D eigenvalue weighted by Crippen LogP contribution is -2.13. The van der Waals surface area contributed by atoms with Gasteiger partial charge in [-0.3, -0.25) is 0 Å². The lowest BCUT2D eigenvalue weighted by molar-refractivity contribution is 0.478. The van der Waals surface area contributed by atoms with Crippen molar-refractivity contribution in [2.24, 2.45) is 5.73 Å². The number of furan rings is 1. The Morgan fingerprint density at radius 3 is 2.75 bits per heavy atom. The van der Waals surface area contributed by atoms with Gasteiger partial charge in [0.2, 0.25) is 0 Å². The fourth-order valence-electron chi connectivity index (χ4n) is 1.57. The third-order valence-electron chi connectivity index (χ3n) is 2.41. The van der Waals surface area contributed by atoms with Crippen LogP contribution >= 0.6 is 15.9 Å². The predicted molar refractivity (Wildman–Crippen MR) is 63.6 cm³/mol. The highest BCUT2D eigenvalue weighted by atomic mass is 79.9. The molecule has 84 valence electrons. The number of nitrogens with two attached hydrogens (primary N) is 1. The first-order valence-corrected chi connectivity index (χ1v) is 5.63. The number of halogens is 2. The molecule has 0 aliphatic rings. The second-order valence-electron chi connectivity index (χ2n) is 3.64. The predicted octanol–water partition coefficient (Wildman–Crippen LogP) is 3.54. The average molecular weight is 284 g/mol. The summed E-state index contributed by atoms with van der Waals surface area (Å²) >= 11 is 3.31. The van der Waals surface area contributed by atoms with E-state index in [1.54, 1.807) is 18.2 Å². The van der Waals surface area contributed by atoms with Crippen molar-refractivity contribution in [3.8, 4) is 0 Å². The summed E-state index contributed by atoms with van der Waals surface area (Å²) in [5.74, 6) is 0.214. The molecule has 0 aliphatic heterocycles. The summed E-state index contributed by atoms with van der Waals surface area (Å²) in [4.78, 5) is 0. The molecule has 1 atom stereocenters. The van der Waals surface area contributed by atoms with E-state index in [-0.39, 0.29) is 5.82 Å². The summed E-state index contributed by atoms with van der Waals surface area (Å²) in [6.07, 6.45) is 1.52. The smallest absolute Gasteiger partial charge is 0.139 e. The van der Waals surface area contributed by atoms with E-state index in [4.69, 9.17) is 10.2 Å². The molecule has 2 nitrogen and oxygen atoms in total. The molecule has 2 aromatic rings. The number of hydrogen-bond acceptors (Lipinski definition) is 2. The first kappa shape index (κ1) is 11.4. The Bertz CT molecular complexity index is 509. The highest BCUT2D eigenvalue weighted by Crippen LogP contribution is 2.29. The zero-order valence-corrected chi connectivity index (χ0v) is 10.3. The van der Waals surface area contributed by atoms with Crippen LogP contribution in [0.3, 0.4) is 0 Å². The van der Waals surface area contributed by atoms with Crippen LogP contribution in [0.15, 0.2) is 39.4 Å². The maximum atomic E-state index is 13.6. The Balaban J connectivity index is 2.45. The second-order valence-corrected chi connectivity index (χ2v) is 4.49. The van der Waals surface area contributed by atoms with Gasteiger partial charge in [0.15, 0.2) is 0 Å². The van der Waals surface area contributed by atoms with E-state index >= 15 is 0 Å². The van der Waals surface area contributed by atoms with E-state index in [1.807, 2.05) is 6.92 Å². The van der Waals surface area contributed by atoms with Gasteiger partial charge < -0.3 is 10.2 Å². The van der Waals surface area contributed by atoms with Crippen LogP contribution in [0.25, 0.3) is 0 Å². The fourth-order valence-corrected chi connectivity index (χ4v) is 2.02. The van der Waals surface area contributed by atoms with Crippen LogP contribution in [0, 0.1) is 12.7 Å². The lowest BCUT2D eigenvalue weighted by Gasteiger charge is -2.11. The zero-order valence-electron chi connectivity index (χ0n) is 8.71. The lowest BCUT2D eigenvalue weighted by atomic mass is 10.0. The van der Waals surface area contributed by atoms with Gasteiger partial charge in [0, 0.05) is 5.56 Å². The van der Waals surface area contributed by atoms with Gasteiger partial charge in [0.05, 0.1) is 16.8 Å². The maximum Gasteiger partial charge on any atom is 0.139 e. The molecule has 2 rings (SSSR count). The summed E-state index contributed by atoms with van der Waals surface area (Å²) < 4.78 is 19.6. The number of rotatable bonds is 2. The van der Waals surface area contributed by atoms with Crippen molar-refractivity contribution >= 4 is 15.9 Å². The Kier molecular flexibility index (Phi) is 3.12. The molecule has 0 radical (unpaired) electrons. The van der Waals surface area contributed by atoms with Crippen molar-refractivity contribution in [3.63, 3.8) is 0 Å². The van der Waals surface area contributed by atoms with Crippen molar-refractivity contribution in [1.82, 2.24) is 0 Å². The molecular weight excluding hydrogens is 273 g/mol. The molecule has 4 heteroatoms. The molecule has 1 unspecified atom stereocenters. The monoisotopic (exact) mass is 283 g/mol. The Morgan fingerprint density at radius 2 is 2.12 bits per heavy atom. The molecule has 0 saturated carbocycles. The van der Waals surface area contributed by atoms with E-state index in [0.29, 0.717) is 11.3 Å². The third-order valence-corrected chi connectivity index (χ3v) is 3.07. The molecule has 1 heterocycles. The zero-order chi connectivity index (χ0) is 11.7. The normalized spacial score (nSPS) is 12.8. The molecule has 0 aliphatic carbocycles. The van der Waals surface area contributed by atoms with Gasteiger partial charge in [-0.05, 0) is 35.0 Å². The minimum absolute atomic E-state index is 0.318. The fraction of sp³-hybridized carbons (Fsp3) is 0.167. The topological polar surface area (TPSA) is 39.2 Å². The molecule has 1 aromatic carbocycles. The van der Waals surface area contributed by atoms with Crippen LogP contribution in [-0.2, 0) is 0 Å². The highest BCUT2D eigenvalue weighted by molar-refractivity contribution is 9.10. The molecule has 0 spiro atoms. The van der Waals surface area contributed by atoms with Crippen LogP contribution < -0.4 is 5.73 Å². The third kappa shape index (κ3) is 2.03. The van der Waals surface area contributed by atoms with E-state index in [0.717, 1.165) is 10.0 Å². The molecule has 0 bridgehead atoms. The number of aryl methyl sites for hydroxylation is 1. The SMILES string of the molecule is Cc1ccc(F)c(C(N)c2occc2Br)c1. The Hall–Kier alpha value is -1.13. The minimum Gasteiger partial charge on any atom is -0.466 e. The molecule has 2 N–H and O–H groups in total. The molecule has 0 saturated heterocycles. The standard InChI is InChI=1S/C12H11BrFNO/c1-7-2-3-10(14)8(6-7)11(15)12-9(13)4-5-16-12/h2-6,11H,15H2,1H3. The van der Waals surface area contributed by atoms with Gasteiger partial charge >= 0.3 is 0 Å². The van der Waals surface area contributed by atoms with Gasteiger partial charge in [0.25, 0.3) is 0 Å². The van der Waals surface area contributed by atoms with Crippen molar-refractivity contribution in [2.45, 2.75) is 13.0 Å². The highest BCUT2D eigenvalue weighted by Gasteiger charge is 2.18. The first-order chi connectivity index (χ1) is 7.59. The van der Waals surface area contributed by atoms with Crippen LogP contribution in [0.5, 0.6) is 0 Å². The summed E-state index contributed by atoms with van der Waals surface area (Å²) in [5, 5.41) is 0. The van der Waals surface area contributed by atoms with Gasteiger partial charge in [-0.25, -0.2) is 4.39 Å². The van der Waals surface area contributed by atoms with Crippen molar-refractivity contribution in [2.75, 3.05) is 0 Å². The minimum atomic E-state index is -0.593. The van der Waals surface area contributed by atoms with E-state index in [9.17, 15) is 4.39 Å². The molecule has 16 heavy (non-hydrogen) atoms. The Morgan fingerprint density at radius 1 is 1.38 bits per heavy atom. The molecule has 0 amide bonds. The second kappa shape index (κ2) is 4.39. The van der Waals surface area contributed by atoms with E-state index in [1.165, 1.54) is 12.3 Å². The van der Waals surface area contributed by atoms with Gasteiger partial charge in [0.1, 0.15) is 11.6 Å². The summed E-state index contributed by atoms with van der Waals surface area (Å²) in [6, 6.07) is 6.01. The van der Waals surface area contributed by atoms with Gasteiger partial charge in [-0.15, -0.1) is 0 Å². The summed E-state index contributed by atoms with van der Waals surface area (Å²) in [6.45, 7) is 1.90. The van der Waals surface area contributed by atoms with Crippen LogP contribution in [0.2, 0.25) is 0 Å². The summed E-state index contributed by atoms with van der Waals surface area (Å²) in [7, 11) is 0. The maximum absolute atomic E-state index is 13.6. The number of hydrogen-bond donors (Lipinski definition) is 1. The number of benzene rings is 1. The van der Waals surface area contributed by atoms with Gasteiger partial charge in [-0.1, -0.05) is 17.7 Å². The van der Waals surface area contributed by atoms with Crippen LogP contribution in [0.1, 0.15) is 22.9 Å². The molecule has 0 fully saturated rings. The largest absolute Gasteiger partial charge is 0.466 e. The van der Waals surface area contributed by atoms with Crippen molar-refractivity contribution in [1.29, 1.82) is 0 Å². The first-order valence-electron chi connectivity index (χ1n) is 4.84. The van der Waals surface area contributed by atoms with Crippen molar-refractivity contribution < 1.29 is 8.81 Å². The van der Waals surface area contributed by atoms with Crippen molar-refractivity contribution in [3.05, 3.63) is 57.7 Å². The molecular formula is C12H11BrFNO.